The number of nitrogens with one attached hydrogen (secondary N) is 1. The Bertz CT molecular complexity index is 821. The molecule has 3 rings (SSSR count). The average molecular weight is 525 g/mol. The summed E-state index contributed by atoms with van der Waals surface area (Å²) in [6.07, 6.45) is 0. The number of likely N-dealkylation sites (N-methyl/N-ethyl adjacent to an activating group) is 1. The van der Waals surface area contributed by atoms with E-state index in [1.54, 1.807) is 14.2 Å². The van der Waals surface area contributed by atoms with Crippen molar-refractivity contribution >= 4 is 35.6 Å². The predicted molar refractivity (Wildman–Crippen MR) is 133 cm³/mol. The lowest BCUT2D eigenvalue weighted by Crippen LogP contribution is -2.43. The molecule has 30 heavy (non-hydrogen) atoms. The highest BCUT2D eigenvalue weighted by Crippen LogP contribution is 2.28. The lowest BCUT2D eigenvalue weighted by atomic mass is 10.1. The number of piperazine rings is 1. The summed E-state index contributed by atoms with van der Waals surface area (Å²) < 4.78 is 10.6. The van der Waals surface area contributed by atoms with E-state index < -0.39 is 0 Å². The number of benzene rings is 2. The van der Waals surface area contributed by atoms with Crippen LogP contribution in [0.15, 0.2) is 47.5 Å². The molecular formula is C22H32IN5O2. The fourth-order valence-electron chi connectivity index (χ4n) is 3.28. The molecule has 1 aliphatic heterocycles. The van der Waals surface area contributed by atoms with Gasteiger partial charge in [-0.05, 0) is 30.3 Å². The van der Waals surface area contributed by atoms with E-state index in [0.717, 1.165) is 49.7 Å². The minimum absolute atomic E-state index is 0. The zero-order chi connectivity index (χ0) is 20.6. The molecule has 0 bridgehead atoms. The van der Waals surface area contributed by atoms with E-state index in [0.29, 0.717) is 18.3 Å². The van der Waals surface area contributed by atoms with E-state index in [9.17, 15) is 0 Å². The van der Waals surface area contributed by atoms with Gasteiger partial charge in [-0.15, -0.1) is 24.0 Å². The molecule has 1 heterocycles. The van der Waals surface area contributed by atoms with Crippen LogP contribution >= 0.6 is 24.0 Å². The molecule has 8 heteroatoms. The largest absolute Gasteiger partial charge is 0.497 e. The number of nitrogens with two attached hydrogens (primary N) is 1. The fraction of sp³-hybridized carbons (Fsp3) is 0.409. The summed E-state index contributed by atoms with van der Waals surface area (Å²) in [4.78, 5) is 9.31. The summed E-state index contributed by atoms with van der Waals surface area (Å²) in [5, 5.41) is 3.09. The number of halogens is 1. The van der Waals surface area contributed by atoms with Gasteiger partial charge in [0.25, 0.3) is 0 Å². The van der Waals surface area contributed by atoms with Gasteiger partial charge in [0.2, 0.25) is 0 Å². The topological polar surface area (TPSA) is 75.3 Å². The van der Waals surface area contributed by atoms with E-state index in [-0.39, 0.29) is 24.0 Å². The predicted octanol–water partition coefficient (Wildman–Crippen LogP) is 3.00. The Hall–Kier alpha value is -2.04. The van der Waals surface area contributed by atoms with Crippen molar-refractivity contribution in [3.63, 3.8) is 0 Å². The van der Waals surface area contributed by atoms with Gasteiger partial charge in [0, 0.05) is 38.8 Å². The Morgan fingerprint density at radius 2 is 1.67 bits per heavy atom. The van der Waals surface area contributed by atoms with E-state index in [4.69, 9.17) is 15.2 Å². The van der Waals surface area contributed by atoms with Crippen LogP contribution in [-0.2, 0) is 13.1 Å². The molecule has 0 unspecified atom stereocenters. The third-order valence-corrected chi connectivity index (χ3v) is 5.13. The maximum Gasteiger partial charge on any atom is 0.193 e. The Morgan fingerprint density at radius 3 is 2.30 bits per heavy atom. The summed E-state index contributed by atoms with van der Waals surface area (Å²) in [7, 11) is 5.41. The maximum atomic E-state index is 6.07. The van der Waals surface area contributed by atoms with Gasteiger partial charge in [-0.3, -0.25) is 4.90 Å². The summed E-state index contributed by atoms with van der Waals surface area (Å²) >= 11 is 0. The van der Waals surface area contributed by atoms with Gasteiger partial charge in [-0.25, -0.2) is 4.99 Å². The van der Waals surface area contributed by atoms with Crippen molar-refractivity contribution in [3.05, 3.63) is 53.6 Å². The molecule has 0 spiro atoms. The second-order valence-electron chi connectivity index (χ2n) is 7.29. The second kappa shape index (κ2) is 12.0. The third kappa shape index (κ3) is 7.03. The van der Waals surface area contributed by atoms with Crippen LogP contribution in [0.2, 0.25) is 0 Å². The molecule has 3 N–H and O–H groups in total. The second-order valence-corrected chi connectivity index (χ2v) is 7.29. The van der Waals surface area contributed by atoms with Gasteiger partial charge in [0.15, 0.2) is 5.96 Å². The first kappa shape index (κ1) is 24.2. The standard InChI is InChI=1S/C22H31N5O2.HI/c1-26-10-12-27(13-11-26)16-18-6-4-17(5-7-18)15-24-22(23)25-20-14-19(28-2)8-9-21(20)29-3;/h4-9,14H,10-13,15-16H2,1-3H3,(H3,23,24,25);1H. The molecule has 2 aromatic rings. The Balaban J connectivity index is 0.00000320. The van der Waals surface area contributed by atoms with Crippen molar-refractivity contribution < 1.29 is 9.47 Å². The Labute approximate surface area is 196 Å². The number of methoxy groups -OCH3 is 2. The summed E-state index contributed by atoms with van der Waals surface area (Å²) in [5.41, 5.74) is 9.23. The van der Waals surface area contributed by atoms with Crippen molar-refractivity contribution in [1.82, 2.24) is 9.80 Å². The summed E-state index contributed by atoms with van der Waals surface area (Å²) in [6.45, 7) is 6.03. The molecule has 1 saturated heterocycles. The van der Waals surface area contributed by atoms with Crippen molar-refractivity contribution in [1.29, 1.82) is 0 Å². The number of anilines is 1. The molecule has 164 valence electrons. The normalized spacial score (nSPS) is 15.4. The molecule has 0 atom stereocenters. The highest BCUT2D eigenvalue weighted by molar-refractivity contribution is 14.0. The molecule has 7 nitrogen and oxygen atoms in total. The van der Waals surface area contributed by atoms with Crippen LogP contribution in [0.5, 0.6) is 11.5 Å². The Kier molecular flexibility index (Phi) is 9.67. The molecular weight excluding hydrogens is 493 g/mol. The van der Waals surface area contributed by atoms with Crippen LogP contribution in [0, 0.1) is 0 Å². The first-order valence-electron chi connectivity index (χ1n) is 9.85. The van der Waals surface area contributed by atoms with Gasteiger partial charge < -0.3 is 25.4 Å². The van der Waals surface area contributed by atoms with Gasteiger partial charge in [0.1, 0.15) is 11.5 Å². The van der Waals surface area contributed by atoms with Crippen LogP contribution < -0.4 is 20.5 Å². The molecule has 0 amide bonds. The first-order valence-corrected chi connectivity index (χ1v) is 9.85. The van der Waals surface area contributed by atoms with Gasteiger partial charge in [-0.1, -0.05) is 24.3 Å². The minimum atomic E-state index is 0. The van der Waals surface area contributed by atoms with Crippen LogP contribution in [-0.4, -0.2) is 63.2 Å². The van der Waals surface area contributed by atoms with E-state index >= 15 is 0 Å². The van der Waals surface area contributed by atoms with Crippen LogP contribution in [0.3, 0.4) is 0 Å². The van der Waals surface area contributed by atoms with Crippen LogP contribution in [0.4, 0.5) is 5.69 Å². The molecule has 0 radical (unpaired) electrons. The lowest BCUT2D eigenvalue weighted by molar-refractivity contribution is 0.148. The molecule has 0 saturated carbocycles. The number of ether oxygens (including phenoxy) is 2. The number of aliphatic imine (C=N–C) groups is 1. The smallest absolute Gasteiger partial charge is 0.193 e. The van der Waals surface area contributed by atoms with E-state index in [2.05, 4.69) is 51.4 Å². The quantitative estimate of drug-likeness (QED) is 0.329. The Morgan fingerprint density at radius 1 is 1.00 bits per heavy atom. The third-order valence-electron chi connectivity index (χ3n) is 5.13. The van der Waals surface area contributed by atoms with Crippen molar-refractivity contribution in [2.24, 2.45) is 10.7 Å². The van der Waals surface area contributed by atoms with Gasteiger partial charge in [0.05, 0.1) is 26.5 Å². The highest BCUT2D eigenvalue weighted by atomic mass is 127. The van der Waals surface area contributed by atoms with E-state index in [1.807, 2.05) is 18.2 Å². The zero-order valence-corrected chi connectivity index (χ0v) is 20.3. The van der Waals surface area contributed by atoms with Crippen LogP contribution in [0.1, 0.15) is 11.1 Å². The van der Waals surface area contributed by atoms with Gasteiger partial charge >= 0.3 is 0 Å². The lowest BCUT2D eigenvalue weighted by Gasteiger charge is -2.32. The summed E-state index contributed by atoms with van der Waals surface area (Å²) in [6, 6.07) is 14.1. The number of guanidine groups is 1. The molecule has 1 fully saturated rings. The number of hydrogen-bond donors (Lipinski definition) is 2. The molecule has 0 aliphatic carbocycles. The average Bonchev–Trinajstić information content (AvgIpc) is 2.75. The number of nitrogens with zero attached hydrogens (tertiary/aromatic N) is 3. The van der Waals surface area contributed by atoms with Crippen molar-refractivity contribution in [3.8, 4) is 11.5 Å². The van der Waals surface area contributed by atoms with Crippen LogP contribution in [0.25, 0.3) is 0 Å². The number of hydrogen-bond acceptors (Lipinski definition) is 5. The van der Waals surface area contributed by atoms with Crippen molar-refractivity contribution in [2.45, 2.75) is 13.1 Å². The van der Waals surface area contributed by atoms with Gasteiger partial charge in [-0.2, -0.15) is 0 Å². The van der Waals surface area contributed by atoms with Crippen molar-refractivity contribution in [2.75, 3.05) is 52.8 Å². The molecule has 0 aromatic heterocycles. The summed E-state index contributed by atoms with van der Waals surface area (Å²) in [5.74, 6) is 1.73. The SMILES string of the molecule is COc1ccc(OC)c(NC(N)=NCc2ccc(CN3CCN(C)CC3)cc2)c1.I. The fourth-order valence-corrected chi connectivity index (χ4v) is 3.28. The zero-order valence-electron chi connectivity index (χ0n) is 17.9. The minimum Gasteiger partial charge on any atom is -0.497 e. The first-order chi connectivity index (χ1) is 14.1. The molecule has 1 aliphatic rings. The number of rotatable bonds is 7. The highest BCUT2D eigenvalue weighted by Gasteiger charge is 2.13. The van der Waals surface area contributed by atoms with E-state index in [1.165, 1.54) is 5.56 Å². The molecule has 2 aromatic carbocycles. The maximum absolute atomic E-state index is 6.07. The monoisotopic (exact) mass is 525 g/mol.